The first-order chi connectivity index (χ1) is 15.8. The lowest BCUT2D eigenvalue weighted by atomic mass is 9.86. The largest absolute Gasteiger partial charge is 0.419 e. The Morgan fingerprint density at radius 3 is 2.52 bits per heavy atom. The third kappa shape index (κ3) is 3.63. The maximum Gasteiger partial charge on any atom is 0.419 e. The molecule has 5 aliphatic rings. The first-order valence-electron chi connectivity index (χ1n) is 11.5. The van der Waals surface area contributed by atoms with E-state index in [-0.39, 0.29) is 0 Å². The topological polar surface area (TPSA) is 80.4 Å². The molecule has 3 saturated heterocycles. The van der Waals surface area contributed by atoms with Gasteiger partial charge in [0.1, 0.15) is 5.82 Å². The number of hydrogen-bond acceptors (Lipinski definition) is 7. The van der Waals surface area contributed by atoms with Crippen LogP contribution in [0.4, 0.5) is 24.9 Å². The Hall–Kier alpha value is -2.46. The molecule has 2 N–H and O–H groups in total. The van der Waals surface area contributed by atoms with E-state index in [4.69, 9.17) is 20.4 Å². The van der Waals surface area contributed by atoms with Gasteiger partial charge >= 0.3 is 6.18 Å². The zero-order valence-corrected chi connectivity index (χ0v) is 18.4. The smallest absolute Gasteiger partial charge is 0.383 e. The minimum atomic E-state index is -4.57. The Morgan fingerprint density at radius 1 is 1.12 bits per heavy atom. The number of pyridine rings is 1. The number of likely N-dealkylation sites (tertiary alicyclic amines) is 1. The molecule has 2 aliphatic carbocycles. The molecule has 0 unspecified atom stereocenters. The number of anilines is 2. The summed E-state index contributed by atoms with van der Waals surface area (Å²) >= 11 is 0. The van der Waals surface area contributed by atoms with Crippen LogP contribution in [-0.2, 0) is 10.9 Å². The normalized spacial score (nSPS) is 30.4. The van der Waals surface area contributed by atoms with Crippen LogP contribution in [0.15, 0.2) is 18.3 Å². The molecule has 2 saturated carbocycles. The van der Waals surface area contributed by atoms with Gasteiger partial charge in [0.2, 0.25) is 5.95 Å². The number of nitrogen functional groups attached to an aromatic ring is 1. The van der Waals surface area contributed by atoms with Crippen molar-refractivity contribution < 1.29 is 17.9 Å². The van der Waals surface area contributed by atoms with E-state index in [1.807, 2.05) is 6.07 Å². The maximum atomic E-state index is 13.5. The number of halogens is 3. The molecule has 5 fully saturated rings. The quantitative estimate of drug-likeness (QED) is 0.710. The Kier molecular flexibility index (Phi) is 4.81. The van der Waals surface area contributed by atoms with E-state index in [0.29, 0.717) is 46.9 Å². The third-order valence-corrected chi connectivity index (χ3v) is 7.84. The van der Waals surface area contributed by atoms with Gasteiger partial charge < -0.3 is 20.3 Å². The van der Waals surface area contributed by atoms with Crippen molar-refractivity contribution in [1.82, 2.24) is 19.9 Å². The SMILES string of the molecule is COCCN1C[C@@H]2[C@H](C1)[C@H]2c1cc(-c2cnc(N)c(C(F)(F)F)c2)nc(N2CC3CC2C3)n1. The van der Waals surface area contributed by atoms with Crippen molar-refractivity contribution in [3.63, 3.8) is 0 Å². The number of nitrogens with zero attached hydrogens (tertiary/aromatic N) is 5. The maximum absolute atomic E-state index is 13.5. The summed E-state index contributed by atoms with van der Waals surface area (Å²) in [4.78, 5) is 18.1. The third-order valence-electron chi connectivity index (χ3n) is 7.84. The second-order valence-electron chi connectivity index (χ2n) is 9.88. The average Bonchev–Trinajstić information content (AvgIpc) is 3.16. The highest BCUT2D eigenvalue weighted by atomic mass is 19.4. The van der Waals surface area contributed by atoms with E-state index >= 15 is 0 Å². The summed E-state index contributed by atoms with van der Waals surface area (Å²) in [6.07, 6.45) is -0.896. The van der Waals surface area contributed by atoms with Crippen LogP contribution in [0.2, 0.25) is 0 Å². The van der Waals surface area contributed by atoms with Gasteiger partial charge in [0, 0.05) is 57.0 Å². The number of nitrogens with two attached hydrogens (primary N) is 1. The van der Waals surface area contributed by atoms with Crippen LogP contribution in [0, 0.1) is 17.8 Å². The number of methoxy groups -OCH3 is 1. The molecule has 0 aromatic carbocycles. The fourth-order valence-corrected chi connectivity index (χ4v) is 5.97. The molecular weight excluding hydrogens is 433 g/mol. The van der Waals surface area contributed by atoms with Gasteiger partial charge in [0.15, 0.2) is 0 Å². The molecule has 2 bridgehead atoms. The summed E-state index contributed by atoms with van der Waals surface area (Å²) in [6.45, 7) is 4.57. The van der Waals surface area contributed by atoms with E-state index < -0.39 is 17.6 Å². The van der Waals surface area contributed by atoms with Crippen molar-refractivity contribution in [1.29, 1.82) is 0 Å². The second kappa shape index (κ2) is 7.53. The molecular formula is C23H27F3N6O. The summed E-state index contributed by atoms with van der Waals surface area (Å²) in [5, 5.41) is 0. The Balaban J connectivity index is 1.33. The van der Waals surface area contributed by atoms with Crippen LogP contribution in [0.3, 0.4) is 0 Å². The zero-order chi connectivity index (χ0) is 22.9. The van der Waals surface area contributed by atoms with Gasteiger partial charge in [-0.15, -0.1) is 0 Å². The minimum absolute atomic E-state index is 0.320. The zero-order valence-electron chi connectivity index (χ0n) is 18.4. The van der Waals surface area contributed by atoms with Crippen molar-refractivity contribution in [2.24, 2.45) is 17.8 Å². The Morgan fingerprint density at radius 2 is 1.88 bits per heavy atom. The number of ether oxygens (including phenoxy) is 1. The first kappa shape index (κ1) is 21.1. The van der Waals surface area contributed by atoms with Crippen LogP contribution in [0.1, 0.15) is 30.0 Å². The Bertz CT molecular complexity index is 1060. The lowest BCUT2D eigenvalue weighted by molar-refractivity contribution is -0.137. The van der Waals surface area contributed by atoms with E-state index in [1.165, 1.54) is 6.20 Å². The van der Waals surface area contributed by atoms with Gasteiger partial charge in [-0.1, -0.05) is 0 Å². The Labute approximate surface area is 190 Å². The van der Waals surface area contributed by atoms with Gasteiger partial charge in [-0.2, -0.15) is 13.2 Å². The van der Waals surface area contributed by atoms with E-state index in [1.54, 1.807) is 7.11 Å². The molecule has 2 aromatic heterocycles. The molecule has 3 atom stereocenters. The van der Waals surface area contributed by atoms with Crippen LogP contribution in [0.25, 0.3) is 11.3 Å². The van der Waals surface area contributed by atoms with Gasteiger partial charge in [-0.3, -0.25) is 0 Å². The lowest BCUT2D eigenvalue weighted by Crippen LogP contribution is -2.30. The van der Waals surface area contributed by atoms with Crippen LogP contribution < -0.4 is 10.6 Å². The molecule has 2 aromatic rings. The molecule has 3 aliphatic heterocycles. The van der Waals surface area contributed by atoms with Crippen molar-refractivity contribution in [3.8, 4) is 11.3 Å². The first-order valence-corrected chi connectivity index (χ1v) is 11.5. The van der Waals surface area contributed by atoms with Crippen LogP contribution in [-0.4, -0.2) is 65.8 Å². The van der Waals surface area contributed by atoms with Gasteiger partial charge in [0.05, 0.1) is 23.6 Å². The van der Waals surface area contributed by atoms with Gasteiger partial charge in [-0.25, -0.2) is 15.0 Å². The lowest BCUT2D eigenvalue weighted by Gasteiger charge is -2.26. The number of aromatic nitrogens is 3. The summed E-state index contributed by atoms with van der Waals surface area (Å²) in [5.74, 6) is 2.18. The molecule has 33 heavy (non-hydrogen) atoms. The molecule has 176 valence electrons. The van der Waals surface area contributed by atoms with E-state index in [0.717, 1.165) is 57.4 Å². The predicted molar refractivity (Wildman–Crippen MR) is 117 cm³/mol. The van der Waals surface area contributed by atoms with Crippen LogP contribution >= 0.6 is 0 Å². The summed E-state index contributed by atoms with van der Waals surface area (Å²) in [5.41, 5.74) is 6.33. The van der Waals surface area contributed by atoms with Crippen molar-refractivity contribution in [2.75, 3.05) is 50.5 Å². The monoisotopic (exact) mass is 460 g/mol. The fourth-order valence-electron chi connectivity index (χ4n) is 5.97. The molecule has 0 radical (unpaired) electrons. The minimum Gasteiger partial charge on any atom is -0.383 e. The molecule has 7 rings (SSSR count). The van der Waals surface area contributed by atoms with Gasteiger partial charge in [0.25, 0.3) is 0 Å². The number of fused-ring (bicyclic) bond motifs is 2. The van der Waals surface area contributed by atoms with Crippen molar-refractivity contribution in [3.05, 3.63) is 29.6 Å². The molecule has 7 nitrogen and oxygen atoms in total. The van der Waals surface area contributed by atoms with Gasteiger partial charge in [-0.05, 0) is 42.7 Å². The summed E-state index contributed by atoms with van der Waals surface area (Å²) in [7, 11) is 1.71. The van der Waals surface area contributed by atoms with E-state index in [2.05, 4.69) is 14.8 Å². The highest BCUT2D eigenvalue weighted by molar-refractivity contribution is 5.64. The fraction of sp³-hybridized carbons (Fsp3) is 0.609. The number of alkyl halides is 3. The summed E-state index contributed by atoms with van der Waals surface area (Å²) < 4.78 is 45.5. The van der Waals surface area contributed by atoms with Crippen molar-refractivity contribution >= 4 is 11.8 Å². The van der Waals surface area contributed by atoms with E-state index in [9.17, 15) is 13.2 Å². The standard InChI is InChI=1S/C23H27F3N6O/c1-33-3-2-31-10-15-16(11-31)20(15)19-7-18(13-6-17(23(24,25)26)21(27)28-8-13)29-22(30-19)32-9-12-4-14(32)5-12/h6-8,12,14-16,20H,2-5,9-11H2,1H3,(H2,27,28)/t12?,14?,15-,16+,20+. The predicted octanol–water partition coefficient (Wildman–Crippen LogP) is 3.03. The number of piperidine rings is 1. The summed E-state index contributed by atoms with van der Waals surface area (Å²) in [6, 6.07) is 3.36. The van der Waals surface area contributed by atoms with Crippen LogP contribution in [0.5, 0.6) is 0 Å². The highest BCUT2D eigenvalue weighted by Gasteiger charge is 2.57. The average molecular weight is 461 g/mol. The highest BCUT2D eigenvalue weighted by Crippen LogP contribution is 2.58. The molecule has 5 heterocycles. The number of rotatable bonds is 6. The second-order valence-corrected chi connectivity index (χ2v) is 9.88. The molecule has 0 amide bonds. The molecule has 10 heteroatoms. The number of hydrogen-bond donors (Lipinski definition) is 1. The van der Waals surface area contributed by atoms with Crippen molar-refractivity contribution in [2.45, 2.75) is 31.0 Å². The molecule has 0 spiro atoms.